The van der Waals surface area contributed by atoms with Gasteiger partial charge in [-0.1, -0.05) is 17.9 Å². The molecule has 4 nitrogen and oxygen atoms in total. The van der Waals surface area contributed by atoms with Crippen LogP contribution >= 0.6 is 0 Å². The highest BCUT2D eigenvalue weighted by atomic mass is 19.1. The zero-order valence-electron chi connectivity index (χ0n) is 11.1. The average Bonchev–Trinajstić information content (AvgIpc) is 2.48. The lowest BCUT2D eigenvalue weighted by Gasteiger charge is -2.07. The normalized spacial score (nSPS) is 9.62. The summed E-state index contributed by atoms with van der Waals surface area (Å²) in [4.78, 5) is 16.0. The van der Waals surface area contributed by atoms with Gasteiger partial charge < -0.3 is 10.4 Å². The van der Waals surface area contributed by atoms with Crippen molar-refractivity contribution < 1.29 is 14.3 Å². The van der Waals surface area contributed by atoms with Crippen LogP contribution in [0.15, 0.2) is 42.6 Å². The van der Waals surface area contributed by atoms with Crippen molar-refractivity contribution in [3.63, 3.8) is 0 Å². The van der Waals surface area contributed by atoms with Gasteiger partial charge in [-0.15, -0.1) is 0 Å². The number of aliphatic hydroxyl groups excluding tert-OH is 1. The Bertz CT molecular complexity index is 690. The molecule has 0 unspecified atom stereocenters. The molecule has 1 heterocycles. The summed E-state index contributed by atoms with van der Waals surface area (Å²) in [7, 11) is 0. The number of nitrogens with one attached hydrogen (secondary N) is 1. The van der Waals surface area contributed by atoms with Gasteiger partial charge in [0.1, 0.15) is 12.4 Å². The van der Waals surface area contributed by atoms with Crippen molar-refractivity contribution in [2.75, 3.05) is 11.9 Å². The number of pyridine rings is 1. The zero-order chi connectivity index (χ0) is 15.1. The van der Waals surface area contributed by atoms with Crippen molar-refractivity contribution in [1.82, 2.24) is 4.98 Å². The van der Waals surface area contributed by atoms with Crippen LogP contribution in [0.5, 0.6) is 0 Å². The quantitative estimate of drug-likeness (QED) is 0.844. The number of hydrogen-bond donors (Lipinski definition) is 2. The maximum atomic E-state index is 13.2. The number of nitrogens with zero attached hydrogens (tertiary/aromatic N) is 1. The second kappa shape index (κ2) is 7.17. The highest BCUT2D eigenvalue weighted by molar-refractivity contribution is 5.93. The van der Waals surface area contributed by atoms with Gasteiger partial charge in [-0.3, -0.25) is 9.78 Å². The van der Waals surface area contributed by atoms with E-state index < -0.39 is 5.82 Å². The number of carbonyl (C=O) groups excluding carboxylic acids is 1. The molecule has 5 heteroatoms. The van der Waals surface area contributed by atoms with Crippen molar-refractivity contribution >= 4 is 11.6 Å². The maximum Gasteiger partial charge on any atom is 0.230 e. The van der Waals surface area contributed by atoms with Crippen molar-refractivity contribution in [2.45, 2.75) is 6.42 Å². The molecule has 0 aliphatic heterocycles. The van der Waals surface area contributed by atoms with Crippen LogP contribution in [0, 0.1) is 17.7 Å². The van der Waals surface area contributed by atoms with E-state index in [4.69, 9.17) is 5.11 Å². The zero-order valence-corrected chi connectivity index (χ0v) is 11.1. The summed E-state index contributed by atoms with van der Waals surface area (Å²) >= 11 is 0. The third-order valence-electron chi connectivity index (χ3n) is 2.63. The predicted molar refractivity (Wildman–Crippen MR) is 76.9 cm³/mol. The monoisotopic (exact) mass is 284 g/mol. The summed E-state index contributed by atoms with van der Waals surface area (Å²) in [6.07, 6.45) is 1.73. The number of amides is 1. The summed E-state index contributed by atoms with van der Waals surface area (Å²) < 4.78 is 13.2. The summed E-state index contributed by atoms with van der Waals surface area (Å²) in [5.74, 6) is 4.30. The van der Waals surface area contributed by atoms with Gasteiger partial charge in [-0.2, -0.15) is 0 Å². The molecule has 21 heavy (non-hydrogen) atoms. The Labute approximate surface area is 121 Å². The van der Waals surface area contributed by atoms with Crippen LogP contribution in [-0.2, 0) is 11.2 Å². The molecule has 0 aliphatic rings. The topological polar surface area (TPSA) is 62.2 Å². The van der Waals surface area contributed by atoms with Gasteiger partial charge in [0.05, 0.1) is 17.7 Å². The Morgan fingerprint density at radius 1 is 1.33 bits per heavy atom. The summed E-state index contributed by atoms with van der Waals surface area (Å²) in [6.45, 7) is -0.335. The van der Waals surface area contributed by atoms with Crippen LogP contribution in [0.3, 0.4) is 0 Å². The first kappa shape index (κ1) is 14.7. The van der Waals surface area contributed by atoms with Crippen LogP contribution in [0.1, 0.15) is 11.3 Å². The Balaban J connectivity index is 2.13. The number of halogens is 1. The number of aliphatic hydroxyl groups is 1. The molecule has 0 fully saturated rings. The van der Waals surface area contributed by atoms with Gasteiger partial charge in [0.25, 0.3) is 0 Å². The molecule has 106 valence electrons. The lowest BCUT2D eigenvalue weighted by Crippen LogP contribution is -2.16. The van der Waals surface area contributed by atoms with Gasteiger partial charge in [-0.25, -0.2) is 4.39 Å². The lowest BCUT2D eigenvalue weighted by atomic mass is 10.1. The molecule has 0 bridgehead atoms. The van der Waals surface area contributed by atoms with Crippen LogP contribution < -0.4 is 5.32 Å². The largest absolute Gasteiger partial charge is 0.384 e. The first-order valence-corrected chi connectivity index (χ1v) is 6.28. The minimum atomic E-state index is -0.458. The third-order valence-corrected chi connectivity index (χ3v) is 2.63. The number of aromatic nitrogens is 1. The summed E-state index contributed by atoms with van der Waals surface area (Å²) in [5, 5.41) is 11.4. The number of rotatable bonds is 3. The molecule has 1 amide bonds. The van der Waals surface area contributed by atoms with Gasteiger partial charge >= 0.3 is 0 Å². The molecule has 0 atom stereocenters. The molecule has 2 rings (SSSR count). The molecule has 0 saturated carbocycles. The van der Waals surface area contributed by atoms with Crippen molar-refractivity contribution in [3.05, 3.63) is 59.7 Å². The van der Waals surface area contributed by atoms with Crippen molar-refractivity contribution in [2.24, 2.45) is 0 Å². The Morgan fingerprint density at radius 2 is 2.19 bits per heavy atom. The Kier molecular flexibility index (Phi) is 5.02. The average molecular weight is 284 g/mol. The van der Waals surface area contributed by atoms with Crippen LogP contribution in [0.2, 0.25) is 0 Å². The van der Waals surface area contributed by atoms with Crippen molar-refractivity contribution in [1.29, 1.82) is 0 Å². The predicted octanol–water partition coefficient (Wildman–Crippen LogP) is 1.75. The van der Waals surface area contributed by atoms with E-state index in [2.05, 4.69) is 22.1 Å². The van der Waals surface area contributed by atoms with Crippen molar-refractivity contribution in [3.8, 4) is 11.8 Å². The van der Waals surface area contributed by atoms with E-state index in [0.29, 0.717) is 16.9 Å². The molecule has 0 saturated heterocycles. The molecular weight excluding hydrogens is 271 g/mol. The van der Waals surface area contributed by atoms with Gasteiger partial charge in [-0.05, 0) is 30.3 Å². The molecular formula is C16H13FN2O2. The maximum absolute atomic E-state index is 13.2. The van der Waals surface area contributed by atoms with E-state index in [0.717, 1.165) is 0 Å². The fraction of sp³-hybridized carbons (Fsp3) is 0.125. The molecule has 2 N–H and O–H groups in total. The first-order chi connectivity index (χ1) is 10.2. The summed E-state index contributed by atoms with van der Waals surface area (Å²) in [5.41, 5.74) is 1.36. The molecule has 1 aromatic carbocycles. The van der Waals surface area contributed by atoms with E-state index in [-0.39, 0.29) is 18.9 Å². The lowest BCUT2D eigenvalue weighted by molar-refractivity contribution is -0.115. The third kappa shape index (κ3) is 4.41. The second-order valence-electron chi connectivity index (χ2n) is 4.20. The molecule has 1 aromatic heterocycles. The standard InChI is InChI=1S/C16H13FN2O2/c17-13-6-7-15(12(10-13)4-3-9-20)19-16(21)11-14-5-1-2-8-18-14/h1-2,5-8,10,20H,9,11H2,(H,19,21). The molecule has 0 aliphatic carbocycles. The first-order valence-electron chi connectivity index (χ1n) is 6.28. The van der Waals surface area contributed by atoms with E-state index in [1.807, 2.05) is 0 Å². The molecule has 2 aromatic rings. The SMILES string of the molecule is O=C(Cc1ccccn1)Nc1ccc(F)cc1C#CCO. The molecule has 0 spiro atoms. The minimum Gasteiger partial charge on any atom is -0.384 e. The van der Waals surface area contributed by atoms with E-state index in [9.17, 15) is 9.18 Å². The number of benzene rings is 1. The number of anilines is 1. The highest BCUT2D eigenvalue weighted by Crippen LogP contribution is 2.16. The van der Waals surface area contributed by atoms with Gasteiger partial charge in [0.15, 0.2) is 0 Å². The number of carbonyl (C=O) groups is 1. The van der Waals surface area contributed by atoms with Crippen LogP contribution in [0.25, 0.3) is 0 Å². The summed E-state index contributed by atoms with van der Waals surface area (Å²) in [6, 6.07) is 9.19. The van der Waals surface area contributed by atoms with Gasteiger partial charge in [0.2, 0.25) is 5.91 Å². The minimum absolute atomic E-state index is 0.116. The fourth-order valence-electron chi connectivity index (χ4n) is 1.73. The smallest absolute Gasteiger partial charge is 0.230 e. The number of hydrogen-bond acceptors (Lipinski definition) is 3. The molecule has 0 radical (unpaired) electrons. The van der Waals surface area contributed by atoms with Gasteiger partial charge in [0, 0.05) is 11.9 Å². The van der Waals surface area contributed by atoms with E-state index in [1.165, 1.54) is 18.2 Å². The Hall–Kier alpha value is -2.71. The highest BCUT2D eigenvalue weighted by Gasteiger charge is 2.08. The van der Waals surface area contributed by atoms with E-state index >= 15 is 0 Å². The fourth-order valence-corrected chi connectivity index (χ4v) is 1.73. The second-order valence-corrected chi connectivity index (χ2v) is 4.20. The van der Waals surface area contributed by atoms with E-state index in [1.54, 1.807) is 24.4 Å². The van der Waals surface area contributed by atoms with Crippen LogP contribution in [0.4, 0.5) is 10.1 Å². The van der Waals surface area contributed by atoms with Crippen LogP contribution in [-0.4, -0.2) is 22.6 Å². The Morgan fingerprint density at radius 3 is 2.90 bits per heavy atom.